The molecule has 2 aliphatic rings. The van der Waals surface area contributed by atoms with Crippen molar-refractivity contribution >= 4 is 48.2 Å². The first-order valence-electron chi connectivity index (χ1n) is 17.4. The van der Waals surface area contributed by atoms with Crippen LogP contribution in [0.15, 0.2) is 97.3 Å². The number of carbonyl (C=O) groups excluding carboxylic acids is 2. The molecule has 0 saturated carbocycles. The maximum atomic E-state index is 14.2. The Morgan fingerprint density at radius 1 is 0.827 bits per heavy atom. The molecule has 2 N–H and O–H groups in total. The van der Waals surface area contributed by atoms with Crippen molar-refractivity contribution in [3.8, 4) is 0 Å². The molecule has 0 bridgehead atoms. The van der Waals surface area contributed by atoms with Gasteiger partial charge >= 0.3 is 0 Å². The monoisotopic (exact) mass is 772 g/mol. The van der Waals surface area contributed by atoms with Crippen molar-refractivity contribution in [2.75, 3.05) is 39.3 Å². The summed E-state index contributed by atoms with van der Waals surface area (Å²) in [5.74, 6) is -1.14. The van der Waals surface area contributed by atoms with Crippen LogP contribution in [0.25, 0.3) is 0 Å². The number of pyridine rings is 1. The summed E-state index contributed by atoms with van der Waals surface area (Å²) in [4.78, 5) is 34.7. The topological polar surface area (TPSA) is 85.8 Å². The lowest BCUT2D eigenvalue weighted by molar-refractivity contribution is -0.126. The van der Waals surface area contributed by atoms with E-state index in [9.17, 15) is 23.5 Å². The van der Waals surface area contributed by atoms with Gasteiger partial charge in [0.1, 0.15) is 11.6 Å². The van der Waals surface area contributed by atoms with Crippen molar-refractivity contribution in [1.29, 1.82) is 0 Å². The number of halogens is 5. The first-order chi connectivity index (χ1) is 24.1. The minimum atomic E-state index is -0.903. The quantitative estimate of drug-likeness (QED) is 0.164. The second-order valence-electron chi connectivity index (χ2n) is 13.6. The highest BCUT2D eigenvalue weighted by molar-refractivity contribution is 6.30. The van der Waals surface area contributed by atoms with E-state index < -0.39 is 11.0 Å². The summed E-state index contributed by atoms with van der Waals surface area (Å²) < 4.78 is 28.4. The van der Waals surface area contributed by atoms with Gasteiger partial charge in [-0.15, -0.1) is 24.8 Å². The number of carbonyl (C=O) groups is 2. The van der Waals surface area contributed by atoms with Crippen LogP contribution in [-0.4, -0.2) is 71.0 Å². The van der Waals surface area contributed by atoms with Crippen molar-refractivity contribution in [1.82, 2.24) is 20.1 Å². The molecule has 2 saturated heterocycles. The van der Waals surface area contributed by atoms with Gasteiger partial charge in [-0.3, -0.25) is 14.6 Å². The average Bonchev–Trinajstić information content (AvgIpc) is 3.15. The molecule has 2 amide bonds. The summed E-state index contributed by atoms with van der Waals surface area (Å²) in [6.45, 7) is 3.40. The van der Waals surface area contributed by atoms with Gasteiger partial charge in [0.05, 0.1) is 5.60 Å². The molecule has 2 fully saturated rings. The molecule has 3 aromatic carbocycles. The van der Waals surface area contributed by atoms with E-state index in [0.29, 0.717) is 55.8 Å². The van der Waals surface area contributed by atoms with E-state index in [-0.39, 0.29) is 60.7 Å². The number of rotatable bonds is 11. The van der Waals surface area contributed by atoms with E-state index in [2.05, 4.69) is 15.2 Å². The third-order valence-corrected chi connectivity index (χ3v) is 10.8. The maximum Gasteiger partial charge on any atom is 0.253 e. The van der Waals surface area contributed by atoms with Crippen LogP contribution in [0.1, 0.15) is 65.6 Å². The van der Waals surface area contributed by atoms with Crippen LogP contribution in [0.3, 0.4) is 0 Å². The first-order valence-corrected chi connectivity index (χ1v) is 17.7. The van der Waals surface area contributed by atoms with Gasteiger partial charge in [-0.25, -0.2) is 8.78 Å². The van der Waals surface area contributed by atoms with E-state index in [1.165, 1.54) is 24.3 Å². The van der Waals surface area contributed by atoms with Crippen LogP contribution in [0.4, 0.5) is 8.78 Å². The van der Waals surface area contributed by atoms with Crippen molar-refractivity contribution in [3.63, 3.8) is 0 Å². The predicted molar refractivity (Wildman–Crippen MR) is 204 cm³/mol. The Bertz CT molecular complexity index is 1690. The average molecular weight is 774 g/mol. The Morgan fingerprint density at radius 3 is 1.90 bits per heavy atom. The van der Waals surface area contributed by atoms with E-state index in [1.807, 2.05) is 12.1 Å². The second kappa shape index (κ2) is 18.4. The van der Waals surface area contributed by atoms with Gasteiger partial charge in [0.15, 0.2) is 0 Å². The highest BCUT2D eigenvalue weighted by Gasteiger charge is 2.38. The summed E-state index contributed by atoms with van der Waals surface area (Å²) >= 11 is 6.07. The van der Waals surface area contributed by atoms with Crippen molar-refractivity contribution in [2.24, 2.45) is 5.92 Å². The number of hydrogen-bond acceptors (Lipinski definition) is 5. The minimum Gasteiger partial charge on any atom is -0.385 e. The molecule has 4 aromatic rings. The molecule has 0 aliphatic carbocycles. The molecular weight excluding hydrogens is 729 g/mol. The van der Waals surface area contributed by atoms with E-state index in [1.54, 1.807) is 65.8 Å². The lowest BCUT2D eigenvalue weighted by Gasteiger charge is -2.40. The van der Waals surface area contributed by atoms with Crippen LogP contribution >= 0.6 is 36.4 Å². The summed E-state index contributed by atoms with van der Waals surface area (Å²) in [5, 5.41) is 15.2. The van der Waals surface area contributed by atoms with Crippen LogP contribution in [0.2, 0.25) is 5.02 Å². The van der Waals surface area contributed by atoms with Gasteiger partial charge in [-0.05, 0) is 110 Å². The van der Waals surface area contributed by atoms with Gasteiger partial charge in [0.2, 0.25) is 5.91 Å². The summed E-state index contributed by atoms with van der Waals surface area (Å²) in [7, 11) is 0. The van der Waals surface area contributed by atoms with Crippen LogP contribution in [0.5, 0.6) is 0 Å². The fourth-order valence-electron chi connectivity index (χ4n) is 7.49. The second-order valence-corrected chi connectivity index (χ2v) is 14.0. The van der Waals surface area contributed by atoms with Crippen molar-refractivity contribution in [2.45, 2.75) is 49.5 Å². The van der Waals surface area contributed by atoms with Gasteiger partial charge < -0.3 is 20.2 Å². The number of amides is 2. The lowest BCUT2D eigenvalue weighted by Crippen LogP contribution is -2.47. The highest BCUT2D eigenvalue weighted by atomic mass is 35.5. The fourth-order valence-corrected chi connectivity index (χ4v) is 7.62. The fraction of sp³-hybridized carbons (Fsp3) is 0.375. The Balaban J connectivity index is 0.00000302. The van der Waals surface area contributed by atoms with Crippen molar-refractivity contribution < 1.29 is 23.5 Å². The SMILES string of the molecule is Cl.Cl.O=C(NCC(CCCN1CCC(O)(c2ccc(Cl)cc2)CC1)(c1ccc(F)cc1)c1ccc(F)cc1)C1CCN(C(=O)c2ccncc2)CC1. The molecule has 6 rings (SSSR count). The maximum absolute atomic E-state index is 14.2. The predicted octanol–water partition coefficient (Wildman–Crippen LogP) is 7.58. The molecule has 12 heteroatoms. The van der Waals surface area contributed by atoms with E-state index in [4.69, 9.17) is 11.6 Å². The summed E-state index contributed by atoms with van der Waals surface area (Å²) in [6, 6.07) is 23.5. The number of aliphatic hydroxyl groups is 1. The first kappa shape index (κ1) is 41.2. The standard InChI is InChI=1S/C40H43ClF2N4O3.2ClH/c41-34-8-2-33(3-9-34)40(50)19-26-46(27-20-40)23-1-18-39(31-4-10-35(42)11-5-31,32-6-12-36(43)13-7-32)28-45-37(48)29-16-24-47(25-17-29)38(49)30-14-21-44-22-15-30;;/h2-15,21-22,29,50H,1,16-20,23-28H2,(H,45,48);2*1H. The van der Waals surface area contributed by atoms with Gasteiger partial charge in [-0.1, -0.05) is 48.0 Å². The molecule has 1 aromatic heterocycles. The molecule has 2 aliphatic heterocycles. The largest absolute Gasteiger partial charge is 0.385 e. The minimum absolute atomic E-state index is 0. The molecule has 0 radical (unpaired) electrons. The third kappa shape index (κ3) is 9.68. The number of likely N-dealkylation sites (tertiary alicyclic amines) is 2. The zero-order chi connectivity index (χ0) is 35.1. The number of nitrogens with one attached hydrogen (secondary N) is 1. The lowest BCUT2D eigenvalue weighted by atomic mass is 9.71. The van der Waals surface area contributed by atoms with Crippen LogP contribution in [-0.2, 0) is 15.8 Å². The third-order valence-electron chi connectivity index (χ3n) is 10.6. The number of nitrogens with zero attached hydrogens (tertiary/aromatic N) is 3. The Kier molecular flexibility index (Phi) is 14.6. The zero-order valence-corrected chi connectivity index (χ0v) is 31.2. The van der Waals surface area contributed by atoms with Crippen LogP contribution in [0, 0.1) is 17.6 Å². The zero-order valence-electron chi connectivity index (χ0n) is 28.9. The summed E-state index contributed by atoms with van der Waals surface area (Å²) in [5.41, 5.74) is 1.45. The van der Waals surface area contributed by atoms with Crippen molar-refractivity contribution in [3.05, 3.63) is 136 Å². The molecule has 52 heavy (non-hydrogen) atoms. The molecular formula is C40H45Cl3F2N4O3. The van der Waals surface area contributed by atoms with Gasteiger partial charge in [-0.2, -0.15) is 0 Å². The van der Waals surface area contributed by atoms with Gasteiger partial charge in [0, 0.05) is 67.0 Å². The Hall–Kier alpha value is -3.60. The smallest absolute Gasteiger partial charge is 0.253 e. The number of hydrogen-bond donors (Lipinski definition) is 2. The van der Waals surface area contributed by atoms with Gasteiger partial charge in [0.25, 0.3) is 5.91 Å². The molecule has 0 atom stereocenters. The summed E-state index contributed by atoms with van der Waals surface area (Å²) in [6.07, 6.45) is 6.83. The molecule has 3 heterocycles. The van der Waals surface area contributed by atoms with E-state index in [0.717, 1.165) is 42.7 Å². The number of aromatic nitrogens is 1. The Labute approximate surface area is 321 Å². The highest BCUT2D eigenvalue weighted by Crippen LogP contribution is 2.38. The normalized spacial score (nSPS) is 16.3. The molecule has 0 unspecified atom stereocenters. The van der Waals surface area contributed by atoms with Crippen LogP contribution < -0.4 is 5.32 Å². The molecule has 278 valence electrons. The molecule has 7 nitrogen and oxygen atoms in total. The number of piperidine rings is 2. The van der Waals surface area contributed by atoms with E-state index >= 15 is 0 Å². The molecule has 0 spiro atoms. The number of benzene rings is 3. The Morgan fingerprint density at radius 2 is 1.37 bits per heavy atom.